The first-order valence-electron chi connectivity index (χ1n) is 11.0. The third-order valence-corrected chi connectivity index (χ3v) is 6.30. The van der Waals surface area contributed by atoms with Gasteiger partial charge in [-0.3, -0.25) is 9.59 Å². The van der Waals surface area contributed by atoms with Gasteiger partial charge in [0.05, 0.1) is 16.5 Å². The molecule has 0 saturated carbocycles. The van der Waals surface area contributed by atoms with Crippen LogP contribution in [0.5, 0.6) is 0 Å². The molecule has 2 amide bonds. The lowest BCUT2D eigenvalue weighted by molar-refractivity contribution is -0.141. The first-order chi connectivity index (χ1) is 16.2. The maximum Gasteiger partial charge on any atom is 0.243 e. The van der Waals surface area contributed by atoms with E-state index in [0.29, 0.717) is 21.5 Å². The molecule has 1 unspecified atom stereocenters. The highest BCUT2D eigenvalue weighted by atomic mass is 35.5. The molecule has 7 heteroatoms. The fourth-order valence-corrected chi connectivity index (χ4v) is 4.09. The third kappa shape index (κ3) is 7.49. The number of amides is 2. The Balaban J connectivity index is 1.97. The van der Waals surface area contributed by atoms with Gasteiger partial charge in [-0.1, -0.05) is 83.3 Å². The molecule has 0 aliphatic heterocycles. The molecule has 0 aliphatic carbocycles. The molecule has 3 rings (SSSR count). The zero-order valence-electron chi connectivity index (χ0n) is 19.1. The van der Waals surface area contributed by atoms with Crippen molar-refractivity contribution in [3.8, 4) is 0 Å². The first-order valence-corrected chi connectivity index (χ1v) is 12.2. The second kappa shape index (κ2) is 12.3. The summed E-state index contributed by atoms with van der Waals surface area (Å²) in [6.45, 7) is 4.07. The maximum absolute atomic E-state index is 13.6. The molecule has 0 saturated heterocycles. The van der Waals surface area contributed by atoms with Crippen molar-refractivity contribution < 1.29 is 9.59 Å². The van der Waals surface area contributed by atoms with Gasteiger partial charge in [0, 0.05) is 24.0 Å². The van der Waals surface area contributed by atoms with Crippen molar-refractivity contribution in [1.29, 1.82) is 0 Å². The molecular formula is C27H27Cl3N2O2. The third-order valence-electron chi connectivity index (χ3n) is 5.31. The van der Waals surface area contributed by atoms with E-state index < -0.39 is 6.04 Å². The average molecular weight is 518 g/mol. The fraction of sp³-hybridized carbons (Fsp3) is 0.259. The van der Waals surface area contributed by atoms with Crippen molar-refractivity contribution in [2.75, 3.05) is 0 Å². The van der Waals surface area contributed by atoms with E-state index in [-0.39, 0.29) is 30.8 Å². The Morgan fingerprint density at radius 3 is 2.09 bits per heavy atom. The number of hydrogen-bond donors (Lipinski definition) is 1. The highest BCUT2D eigenvalue weighted by molar-refractivity contribution is 6.42. The minimum atomic E-state index is -0.698. The normalized spacial score (nSPS) is 11.8. The summed E-state index contributed by atoms with van der Waals surface area (Å²) in [5, 5.41) is 4.40. The molecule has 34 heavy (non-hydrogen) atoms. The Labute approximate surface area is 215 Å². The van der Waals surface area contributed by atoms with E-state index in [9.17, 15) is 9.59 Å². The number of nitrogens with zero attached hydrogens (tertiary/aromatic N) is 1. The van der Waals surface area contributed by atoms with Crippen molar-refractivity contribution in [3.05, 3.63) is 105 Å². The van der Waals surface area contributed by atoms with Gasteiger partial charge in [0.2, 0.25) is 11.8 Å². The van der Waals surface area contributed by atoms with Crippen LogP contribution in [0.15, 0.2) is 72.8 Å². The van der Waals surface area contributed by atoms with Crippen molar-refractivity contribution in [3.63, 3.8) is 0 Å². The predicted octanol–water partition coefficient (Wildman–Crippen LogP) is 6.35. The monoisotopic (exact) mass is 516 g/mol. The minimum absolute atomic E-state index is 0.0617. The van der Waals surface area contributed by atoms with E-state index in [1.165, 1.54) is 0 Å². The van der Waals surface area contributed by atoms with E-state index >= 15 is 0 Å². The summed E-state index contributed by atoms with van der Waals surface area (Å²) in [5.41, 5.74) is 2.57. The van der Waals surface area contributed by atoms with Gasteiger partial charge in [-0.2, -0.15) is 0 Å². The molecule has 0 heterocycles. The zero-order valence-corrected chi connectivity index (χ0v) is 21.4. The lowest BCUT2D eigenvalue weighted by Crippen LogP contribution is -2.52. The fourth-order valence-electron chi connectivity index (χ4n) is 3.65. The molecule has 3 aromatic carbocycles. The lowest BCUT2D eigenvalue weighted by Gasteiger charge is -2.32. The molecule has 3 aromatic rings. The number of carbonyl (C=O) groups is 2. The Bertz CT molecular complexity index is 1120. The van der Waals surface area contributed by atoms with E-state index in [4.69, 9.17) is 34.8 Å². The molecule has 0 aliphatic rings. The van der Waals surface area contributed by atoms with Crippen LogP contribution in [0.25, 0.3) is 0 Å². The number of rotatable bonds is 9. The van der Waals surface area contributed by atoms with Gasteiger partial charge in [-0.15, -0.1) is 0 Å². The van der Waals surface area contributed by atoms with Crippen molar-refractivity contribution in [2.24, 2.45) is 0 Å². The quantitative estimate of drug-likeness (QED) is 0.359. The van der Waals surface area contributed by atoms with Crippen LogP contribution in [0.3, 0.4) is 0 Å². The summed E-state index contributed by atoms with van der Waals surface area (Å²) in [5.74, 6) is -0.386. The molecular weight excluding hydrogens is 491 g/mol. The van der Waals surface area contributed by atoms with Crippen LogP contribution in [-0.4, -0.2) is 28.8 Å². The SMILES string of the molecule is CC(C)NC(=O)C(Cc1ccccc1)N(Cc1ccc(Cl)cc1)C(=O)Cc1ccc(Cl)c(Cl)c1. The van der Waals surface area contributed by atoms with E-state index in [2.05, 4.69) is 5.32 Å². The van der Waals surface area contributed by atoms with E-state index in [1.807, 2.05) is 56.3 Å². The van der Waals surface area contributed by atoms with Gasteiger partial charge in [0.15, 0.2) is 0 Å². The minimum Gasteiger partial charge on any atom is -0.352 e. The standard InChI is InChI=1S/C27H27Cl3N2O2/c1-18(2)31-27(34)25(15-19-6-4-3-5-7-19)32(17-20-8-11-22(28)12-9-20)26(33)16-21-10-13-23(29)24(30)14-21/h3-14,18,25H,15-17H2,1-2H3,(H,31,34). The van der Waals surface area contributed by atoms with Crippen LogP contribution in [0.1, 0.15) is 30.5 Å². The smallest absolute Gasteiger partial charge is 0.243 e. The summed E-state index contributed by atoms with van der Waals surface area (Å²) < 4.78 is 0. The van der Waals surface area contributed by atoms with Gasteiger partial charge in [0.1, 0.15) is 6.04 Å². The molecule has 0 spiro atoms. The van der Waals surface area contributed by atoms with Crippen LogP contribution in [0.2, 0.25) is 15.1 Å². The largest absolute Gasteiger partial charge is 0.352 e. The second-order valence-corrected chi connectivity index (χ2v) is 9.69. The average Bonchev–Trinajstić information content (AvgIpc) is 2.80. The van der Waals surface area contributed by atoms with Crippen molar-refractivity contribution in [1.82, 2.24) is 10.2 Å². The van der Waals surface area contributed by atoms with Crippen LogP contribution in [0.4, 0.5) is 0 Å². The number of hydrogen-bond acceptors (Lipinski definition) is 2. The van der Waals surface area contributed by atoms with E-state index in [0.717, 1.165) is 16.7 Å². The summed E-state index contributed by atoms with van der Waals surface area (Å²) >= 11 is 18.3. The van der Waals surface area contributed by atoms with Crippen LogP contribution in [-0.2, 0) is 29.0 Å². The highest BCUT2D eigenvalue weighted by Gasteiger charge is 2.30. The Kier molecular flexibility index (Phi) is 9.40. The number of benzene rings is 3. The van der Waals surface area contributed by atoms with Gasteiger partial charge < -0.3 is 10.2 Å². The van der Waals surface area contributed by atoms with Crippen LogP contribution in [0, 0.1) is 0 Å². The van der Waals surface area contributed by atoms with Gasteiger partial charge in [-0.05, 0) is 54.8 Å². The highest BCUT2D eigenvalue weighted by Crippen LogP contribution is 2.24. The summed E-state index contributed by atoms with van der Waals surface area (Å²) in [6.07, 6.45) is 0.477. The molecule has 0 fully saturated rings. The molecule has 4 nitrogen and oxygen atoms in total. The molecule has 0 bridgehead atoms. The van der Waals surface area contributed by atoms with Gasteiger partial charge in [-0.25, -0.2) is 0 Å². The Morgan fingerprint density at radius 1 is 0.824 bits per heavy atom. The molecule has 0 radical (unpaired) electrons. The Hall–Kier alpha value is -2.53. The summed E-state index contributed by atoms with van der Waals surface area (Å²) in [7, 11) is 0. The van der Waals surface area contributed by atoms with Crippen molar-refractivity contribution in [2.45, 2.75) is 45.3 Å². The van der Waals surface area contributed by atoms with Crippen molar-refractivity contribution >= 4 is 46.6 Å². The second-order valence-electron chi connectivity index (χ2n) is 8.44. The summed E-state index contributed by atoms with van der Waals surface area (Å²) in [6, 6.07) is 21.3. The molecule has 0 aromatic heterocycles. The summed E-state index contributed by atoms with van der Waals surface area (Å²) in [4.78, 5) is 28.6. The maximum atomic E-state index is 13.6. The molecule has 178 valence electrons. The Morgan fingerprint density at radius 2 is 1.47 bits per heavy atom. The molecule has 1 atom stereocenters. The van der Waals surface area contributed by atoms with Crippen LogP contribution >= 0.6 is 34.8 Å². The van der Waals surface area contributed by atoms with Crippen LogP contribution < -0.4 is 5.32 Å². The molecule has 1 N–H and O–H groups in total. The lowest BCUT2D eigenvalue weighted by atomic mass is 10.0. The number of nitrogens with one attached hydrogen (secondary N) is 1. The predicted molar refractivity (Wildman–Crippen MR) is 139 cm³/mol. The van der Waals surface area contributed by atoms with E-state index in [1.54, 1.807) is 35.2 Å². The number of carbonyl (C=O) groups excluding carboxylic acids is 2. The zero-order chi connectivity index (χ0) is 24.7. The van der Waals surface area contributed by atoms with Gasteiger partial charge >= 0.3 is 0 Å². The number of halogens is 3. The van der Waals surface area contributed by atoms with Gasteiger partial charge in [0.25, 0.3) is 0 Å². The first kappa shape index (κ1) is 26.1. The topological polar surface area (TPSA) is 49.4 Å².